The predicted octanol–water partition coefficient (Wildman–Crippen LogP) is 2.13. The number of hydrogen-bond donors (Lipinski definition) is 2. The molecule has 0 saturated carbocycles. The number of phenols is 1. The van der Waals surface area contributed by atoms with Gasteiger partial charge in [-0.05, 0) is 29.7 Å². The lowest BCUT2D eigenvalue weighted by Crippen LogP contribution is -1.95. The van der Waals surface area contributed by atoms with Crippen LogP contribution >= 0.6 is 11.5 Å². The van der Waals surface area contributed by atoms with Crippen LogP contribution in [0.4, 0.5) is 0 Å². The van der Waals surface area contributed by atoms with Crippen molar-refractivity contribution in [3.05, 3.63) is 40.9 Å². The second kappa shape index (κ2) is 4.84. The molecule has 88 valence electrons. The number of benzene rings is 1. The molecule has 5 nitrogen and oxygen atoms in total. The van der Waals surface area contributed by atoms with Crippen molar-refractivity contribution < 1.29 is 19.7 Å². The number of phenolic OH excluding ortho intramolecular Hbond substituents is 1. The smallest absolute Gasteiger partial charge is 0.355 e. The number of ether oxygens (including phenoxy) is 1. The Hall–Kier alpha value is -2.08. The lowest BCUT2D eigenvalue weighted by atomic mass is 10.3. The quantitative estimate of drug-likeness (QED) is 0.870. The molecule has 1 heterocycles. The first-order chi connectivity index (χ1) is 8.15. The molecule has 0 aliphatic carbocycles. The highest BCUT2D eigenvalue weighted by Gasteiger charge is 2.08. The molecule has 17 heavy (non-hydrogen) atoms. The minimum atomic E-state index is -1.05. The molecular formula is C11H9NO4S. The summed E-state index contributed by atoms with van der Waals surface area (Å²) in [6, 6.07) is 7.87. The minimum absolute atomic E-state index is 0.0181. The third-order valence-electron chi connectivity index (χ3n) is 1.98. The Morgan fingerprint density at radius 1 is 1.41 bits per heavy atom. The van der Waals surface area contributed by atoms with E-state index in [9.17, 15) is 9.90 Å². The van der Waals surface area contributed by atoms with E-state index in [-0.39, 0.29) is 18.1 Å². The average molecular weight is 251 g/mol. The number of carboxylic acids is 1. The van der Waals surface area contributed by atoms with Crippen LogP contribution < -0.4 is 4.74 Å². The highest BCUT2D eigenvalue weighted by atomic mass is 32.1. The van der Waals surface area contributed by atoms with Gasteiger partial charge in [0.1, 0.15) is 18.1 Å². The molecule has 0 bridgehead atoms. The van der Waals surface area contributed by atoms with E-state index in [0.717, 1.165) is 11.5 Å². The van der Waals surface area contributed by atoms with Gasteiger partial charge < -0.3 is 14.9 Å². The lowest BCUT2D eigenvalue weighted by molar-refractivity contribution is 0.0692. The number of aromatic hydroxyl groups is 1. The fourth-order valence-corrected chi connectivity index (χ4v) is 1.83. The molecule has 0 amide bonds. The van der Waals surface area contributed by atoms with Crippen LogP contribution in [-0.2, 0) is 6.61 Å². The predicted molar refractivity (Wildman–Crippen MR) is 61.5 cm³/mol. The highest BCUT2D eigenvalue weighted by Crippen LogP contribution is 2.20. The van der Waals surface area contributed by atoms with Gasteiger partial charge in [-0.2, -0.15) is 4.37 Å². The molecule has 2 N–H and O–H groups in total. The number of rotatable bonds is 4. The molecule has 0 saturated heterocycles. The molecule has 2 rings (SSSR count). The second-order valence-electron chi connectivity index (χ2n) is 3.27. The van der Waals surface area contributed by atoms with Crippen molar-refractivity contribution in [1.82, 2.24) is 4.37 Å². The maximum Gasteiger partial charge on any atom is 0.355 e. The summed E-state index contributed by atoms with van der Waals surface area (Å²) in [6.45, 7) is 0.231. The van der Waals surface area contributed by atoms with Crippen LogP contribution in [0.5, 0.6) is 11.5 Å². The van der Waals surface area contributed by atoms with E-state index in [2.05, 4.69) is 4.37 Å². The summed E-state index contributed by atoms with van der Waals surface area (Å²) in [7, 11) is 0. The molecular weight excluding hydrogens is 242 g/mol. The Labute approximate surface area is 101 Å². The van der Waals surface area contributed by atoms with Gasteiger partial charge in [-0.3, -0.25) is 0 Å². The molecule has 2 aromatic rings. The Morgan fingerprint density at radius 2 is 2.24 bits per heavy atom. The van der Waals surface area contributed by atoms with E-state index in [1.54, 1.807) is 18.2 Å². The molecule has 0 spiro atoms. The average Bonchev–Trinajstić information content (AvgIpc) is 2.75. The fraction of sp³-hybridized carbons (Fsp3) is 0.0909. The van der Waals surface area contributed by atoms with Crippen molar-refractivity contribution in [2.45, 2.75) is 6.61 Å². The number of aromatic nitrogens is 1. The van der Waals surface area contributed by atoms with E-state index >= 15 is 0 Å². The van der Waals surface area contributed by atoms with Crippen molar-refractivity contribution in [2.75, 3.05) is 0 Å². The molecule has 1 aromatic carbocycles. The van der Waals surface area contributed by atoms with Crippen molar-refractivity contribution in [1.29, 1.82) is 0 Å². The first-order valence-corrected chi connectivity index (χ1v) is 5.53. The molecule has 0 unspecified atom stereocenters. The number of aromatic carboxylic acids is 1. The Kier molecular flexibility index (Phi) is 3.24. The molecule has 0 radical (unpaired) electrons. The lowest BCUT2D eigenvalue weighted by Gasteiger charge is -2.03. The Bertz CT molecular complexity index is 538. The standard InChI is InChI=1S/C11H9NO4S/c13-7-2-1-3-8(4-7)16-6-9-5-10(11(14)15)12-17-9/h1-5,13H,6H2,(H,14,15). The van der Waals surface area contributed by atoms with E-state index in [4.69, 9.17) is 9.84 Å². The number of carbonyl (C=O) groups is 1. The summed E-state index contributed by atoms with van der Waals surface area (Å²) in [5.41, 5.74) is 0.0181. The zero-order chi connectivity index (χ0) is 12.3. The molecule has 0 aliphatic rings. The Morgan fingerprint density at radius 3 is 2.88 bits per heavy atom. The third kappa shape index (κ3) is 2.94. The molecule has 0 aliphatic heterocycles. The van der Waals surface area contributed by atoms with Gasteiger partial charge in [-0.1, -0.05) is 6.07 Å². The molecule has 0 fully saturated rings. The van der Waals surface area contributed by atoms with Crippen molar-refractivity contribution >= 4 is 17.5 Å². The van der Waals surface area contributed by atoms with Crippen LogP contribution in [0.25, 0.3) is 0 Å². The van der Waals surface area contributed by atoms with E-state index < -0.39 is 5.97 Å². The summed E-state index contributed by atoms with van der Waals surface area (Å²) in [5.74, 6) is -0.404. The largest absolute Gasteiger partial charge is 0.508 e. The number of nitrogens with zero attached hydrogens (tertiary/aromatic N) is 1. The summed E-state index contributed by atoms with van der Waals surface area (Å²) in [4.78, 5) is 11.3. The van der Waals surface area contributed by atoms with Crippen LogP contribution in [-0.4, -0.2) is 20.6 Å². The van der Waals surface area contributed by atoms with Crippen molar-refractivity contribution in [3.8, 4) is 11.5 Å². The first-order valence-electron chi connectivity index (χ1n) is 4.76. The van der Waals surface area contributed by atoms with Crippen LogP contribution in [0.2, 0.25) is 0 Å². The SMILES string of the molecule is O=C(O)c1cc(COc2cccc(O)c2)sn1. The van der Waals surface area contributed by atoms with Gasteiger partial charge in [0.15, 0.2) is 5.69 Å². The van der Waals surface area contributed by atoms with Crippen molar-refractivity contribution in [3.63, 3.8) is 0 Å². The van der Waals surface area contributed by atoms with Crippen LogP contribution in [0.15, 0.2) is 30.3 Å². The van der Waals surface area contributed by atoms with Crippen LogP contribution in [0, 0.1) is 0 Å². The number of carboxylic acid groups (broad SMARTS) is 1. The molecule has 0 atom stereocenters. The number of hydrogen-bond acceptors (Lipinski definition) is 5. The monoisotopic (exact) mass is 251 g/mol. The summed E-state index contributed by atoms with van der Waals surface area (Å²) < 4.78 is 9.14. The third-order valence-corrected chi connectivity index (χ3v) is 2.73. The van der Waals surface area contributed by atoms with Gasteiger partial charge in [0.25, 0.3) is 0 Å². The first kappa shape index (κ1) is 11.4. The van der Waals surface area contributed by atoms with Gasteiger partial charge in [-0.25, -0.2) is 4.79 Å². The fourth-order valence-electron chi connectivity index (χ4n) is 1.21. The van der Waals surface area contributed by atoms with E-state index in [1.807, 2.05) is 0 Å². The van der Waals surface area contributed by atoms with Gasteiger partial charge in [-0.15, -0.1) is 0 Å². The van der Waals surface area contributed by atoms with Crippen LogP contribution in [0.3, 0.4) is 0 Å². The highest BCUT2D eigenvalue weighted by molar-refractivity contribution is 7.05. The van der Waals surface area contributed by atoms with E-state index in [0.29, 0.717) is 10.6 Å². The minimum Gasteiger partial charge on any atom is -0.508 e. The van der Waals surface area contributed by atoms with Crippen LogP contribution in [0.1, 0.15) is 15.4 Å². The molecule has 6 heteroatoms. The van der Waals surface area contributed by atoms with Crippen molar-refractivity contribution in [2.24, 2.45) is 0 Å². The maximum atomic E-state index is 10.6. The zero-order valence-electron chi connectivity index (χ0n) is 8.66. The molecule has 1 aromatic heterocycles. The second-order valence-corrected chi connectivity index (χ2v) is 4.16. The summed E-state index contributed by atoms with van der Waals surface area (Å²) in [6.07, 6.45) is 0. The maximum absolute atomic E-state index is 10.6. The van der Waals surface area contributed by atoms with Gasteiger partial charge >= 0.3 is 5.97 Å². The van der Waals surface area contributed by atoms with Gasteiger partial charge in [0, 0.05) is 6.07 Å². The summed E-state index contributed by atoms with van der Waals surface area (Å²) >= 11 is 1.08. The summed E-state index contributed by atoms with van der Waals surface area (Å²) in [5, 5.41) is 17.9. The topological polar surface area (TPSA) is 79.7 Å². The van der Waals surface area contributed by atoms with E-state index in [1.165, 1.54) is 12.1 Å². The van der Waals surface area contributed by atoms with Gasteiger partial charge in [0.2, 0.25) is 0 Å². The normalized spacial score (nSPS) is 10.1. The Balaban J connectivity index is 2.00. The van der Waals surface area contributed by atoms with Gasteiger partial charge in [0.05, 0.1) is 4.88 Å². The zero-order valence-corrected chi connectivity index (χ0v) is 9.48.